The minimum Gasteiger partial charge on any atom is -0.308 e. The Labute approximate surface area is 96.1 Å². The van der Waals surface area contributed by atoms with Gasteiger partial charge in [0.25, 0.3) is 0 Å². The molecule has 1 aromatic heterocycles. The van der Waals surface area contributed by atoms with Crippen LogP contribution < -0.4 is 5.32 Å². The molecule has 2 rings (SSSR count). The monoisotopic (exact) mass is 224 g/mol. The third-order valence-electron chi connectivity index (χ3n) is 3.55. The number of aromatic nitrogens is 1. The summed E-state index contributed by atoms with van der Waals surface area (Å²) in [7, 11) is 0. The van der Waals surface area contributed by atoms with Crippen LogP contribution in [0.5, 0.6) is 0 Å². The Kier molecular flexibility index (Phi) is 3.76. The van der Waals surface area contributed by atoms with Crippen molar-refractivity contribution in [1.82, 2.24) is 10.3 Å². The van der Waals surface area contributed by atoms with Gasteiger partial charge in [-0.05, 0) is 24.7 Å². The second kappa shape index (κ2) is 5.08. The second-order valence-electron chi connectivity index (χ2n) is 4.77. The zero-order chi connectivity index (χ0) is 10.7. The summed E-state index contributed by atoms with van der Waals surface area (Å²) in [5, 5.41) is 5.80. The molecule has 0 radical (unpaired) electrons. The Bertz CT molecular complexity index is 274. The standard InChI is InChI=1S/C12H20N2S/c1-9-4-3-5-10(2)12(9)13-6-11-7-15-8-14-11/h7-10,12-13H,3-6H2,1-2H3. The van der Waals surface area contributed by atoms with Gasteiger partial charge in [0, 0.05) is 18.0 Å². The van der Waals surface area contributed by atoms with E-state index in [0.717, 1.165) is 18.4 Å². The van der Waals surface area contributed by atoms with Gasteiger partial charge < -0.3 is 5.32 Å². The molecule has 84 valence electrons. The molecule has 1 aromatic rings. The van der Waals surface area contributed by atoms with Crippen LogP contribution in [0, 0.1) is 11.8 Å². The number of nitrogens with one attached hydrogen (secondary N) is 1. The largest absolute Gasteiger partial charge is 0.308 e. The fourth-order valence-electron chi connectivity index (χ4n) is 2.63. The van der Waals surface area contributed by atoms with Crippen molar-refractivity contribution in [3.63, 3.8) is 0 Å². The first-order chi connectivity index (χ1) is 7.27. The topological polar surface area (TPSA) is 24.9 Å². The minimum absolute atomic E-state index is 0.681. The summed E-state index contributed by atoms with van der Waals surface area (Å²) in [6, 6.07) is 0.681. The maximum Gasteiger partial charge on any atom is 0.0795 e. The molecule has 0 aromatic carbocycles. The Balaban J connectivity index is 1.86. The van der Waals surface area contributed by atoms with Crippen LogP contribution in [0.25, 0.3) is 0 Å². The number of hydrogen-bond donors (Lipinski definition) is 1. The van der Waals surface area contributed by atoms with Crippen molar-refractivity contribution < 1.29 is 0 Å². The molecule has 0 amide bonds. The summed E-state index contributed by atoms with van der Waals surface area (Å²) < 4.78 is 0. The summed E-state index contributed by atoms with van der Waals surface area (Å²) in [4.78, 5) is 4.31. The van der Waals surface area contributed by atoms with Crippen molar-refractivity contribution >= 4 is 11.3 Å². The highest BCUT2D eigenvalue weighted by atomic mass is 32.1. The lowest BCUT2D eigenvalue weighted by atomic mass is 9.79. The van der Waals surface area contributed by atoms with Crippen molar-refractivity contribution in [2.24, 2.45) is 11.8 Å². The van der Waals surface area contributed by atoms with E-state index in [1.54, 1.807) is 11.3 Å². The zero-order valence-corrected chi connectivity index (χ0v) is 10.4. The average Bonchev–Trinajstić information content (AvgIpc) is 2.70. The van der Waals surface area contributed by atoms with E-state index in [9.17, 15) is 0 Å². The third-order valence-corrected chi connectivity index (χ3v) is 4.18. The van der Waals surface area contributed by atoms with Gasteiger partial charge in [0.2, 0.25) is 0 Å². The van der Waals surface area contributed by atoms with Gasteiger partial charge in [-0.1, -0.05) is 20.3 Å². The summed E-state index contributed by atoms with van der Waals surface area (Å²) in [5.41, 5.74) is 3.09. The van der Waals surface area contributed by atoms with E-state index in [4.69, 9.17) is 0 Å². The van der Waals surface area contributed by atoms with E-state index in [0.29, 0.717) is 6.04 Å². The highest BCUT2D eigenvalue weighted by Gasteiger charge is 2.26. The molecular formula is C12H20N2S. The zero-order valence-electron chi connectivity index (χ0n) is 9.57. The average molecular weight is 224 g/mol. The van der Waals surface area contributed by atoms with Crippen molar-refractivity contribution in [2.45, 2.75) is 45.7 Å². The van der Waals surface area contributed by atoms with E-state index in [-0.39, 0.29) is 0 Å². The van der Waals surface area contributed by atoms with E-state index < -0.39 is 0 Å². The van der Waals surface area contributed by atoms with Crippen LogP contribution in [0.4, 0.5) is 0 Å². The molecular weight excluding hydrogens is 204 g/mol. The number of rotatable bonds is 3. The van der Waals surface area contributed by atoms with E-state index in [2.05, 4.69) is 29.5 Å². The van der Waals surface area contributed by atoms with Crippen molar-refractivity contribution in [3.05, 3.63) is 16.6 Å². The van der Waals surface area contributed by atoms with Crippen LogP contribution >= 0.6 is 11.3 Å². The van der Waals surface area contributed by atoms with Gasteiger partial charge in [0.05, 0.1) is 11.2 Å². The van der Waals surface area contributed by atoms with Gasteiger partial charge in [-0.15, -0.1) is 11.3 Å². The van der Waals surface area contributed by atoms with Crippen LogP contribution in [0.15, 0.2) is 10.9 Å². The molecule has 1 fully saturated rings. The number of nitrogens with zero attached hydrogens (tertiary/aromatic N) is 1. The molecule has 0 aliphatic heterocycles. The predicted octanol–water partition coefficient (Wildman–Crippen LogP) is 3.06. The SMILES string of the molecule is CC1CCCC(C)C1NCc1cscn1. The smallest absolute Gasteiger partial charge is 0.0795 e. The molecule has 1 aliphatic carbocycles. The van der Waals surface area contributed by atoms with Gasteiger partial charge >= 0.3 is 0 Å². The molecule has 15 heavy (non-hydrogen) atoms. The molecule has 0 bridgehead atoms. The van der Waals surface area contributed by atoms with Gasteiger partial charge in [0.1, 0.15) is 0 Å². The quantitative estimate of drug-likeness (QED) is 0.853. The lowest BCUT2D eigenvalue weighted by Crippen LogP contribution is -2.42. The molecule has 2 unspecified atom stereocenters. The molecule has 2 atom stereocenters. The summed E-state index contributed by atoms with van der Waals surface area (Å²) in [5.74, 6) is 1.62. The van der Waals surface area contributed by atoms with Crippen molar-refractivity contribution in [3.8, 4) is 0 Å². The molecule has 1 heterocycles. The van der Waals surface area contributed by atoms with Gasteiger partial charge in [0.15, 0.2) is 0 Å². The molecule has 1 N–H and O–H groups in total. The number of hydrogen-bond acceptors (Lipinski definition) is 3. The molecule has 1 aliphatic rings. The van der Waals surface area contributed by atoms with E-state index in [1.807, 2.05) is 5.51 Å². The van der Waals surface area contributed by atoms with Crippen molar-refractivity contribution in [1.29, 1.82) is 0 Å². The molecule has 0 saturated heterocycles. The molecule has 3 heteroatoms. The lowest BCUT2D eigenvalue weighted by molar-refractivity contribution is 0.207. The Morgan fingerprint density at radius 1 is 1.40 bits per heavy atom. The summed E-state index contributed by atoms with van der Waals surface area (Å²) in [6.07, 6.45) is 4.15. The predicted molar refractivity (Wildman–Crippen MR) is 64.9 cm³/mol. The van der Waals surface area contributed by atoms with E-state index in [1.165, 1.54) is 25.0 Å². The summed E-state index contributed by atoms with van der Waals surface area (Å²) >= 11 is 1.68. The van der Waals surface area contributed by atoms with E-state index >= 15 is 0 Å². The highest BCUT2D eigenvalue weighted by Crippen LogP contribution is 2.28. The number of thiazole rings is 1. The molecule has 2 nitrogen and oxygen atoms in total. The molecule has 0 spiro atoms. The lowest BCUT2D eigenvalue weighted by Gasteiger charge is -2.35. The maximum atomic E-state index is 4.31. The normalized spacial score (nSPS) is 31.7. The van der Waals surface area contributed by atoms with Crippen LogP contribution in [-0.2, 0) is 6.54 Å². The first-order valence-corrected chi connectivity index (χ1v) is 6.82. The maximum absolute atomic E-state index is 4.31. The Morgan fingerprint density at radius 2 is 2.13 bits per heavy atom. The first kappa shape index (κ1) is 11.1. The van der Waals surface area contributed by atoms with Crippen LogP contribution in [0.2, 0.25) is 0 Å². The second-order valence-corrected chi connectivity index (χ2v) is 5.49. The fourth-order valence-corrected chi connectivity index (χ4v) is 3.19. The van der Waals surface area contributed by atoms with Crippen molar-refractivity contribution in [2.75, 3.05) is 0 Å². The van der Waals surface area contributed by atoms with Gasteiger partial charge in [-0.3, -0.25) is 0 Å². The highest BCUT2D eigenvalue weighted by molar-refractivity contribution is 7.07. The van der Waals surface area contributed by atoms with Gasteiger partial charge in [-0.2, -0.15) is 0 Å². The van der Waals surface area contributed by atoms with Crippen LogP contribution in [-0.4, -0.2) is 11.0 Å². The third kappa shape index (κ3) is 2.79. The van der Waals surface area contributed by atoms with Gasteiger partial charge in [-0.25, -0.2) is 4.98 Å². The summed E-state index contributed by atoms with van der Waals surface area (Å²) in [6.45, 7) is 5.67. The van der Waals surface area contributed by atoms with Crippen LogP contribution in [0.3, 0.4) is 0 Å². The molecule has 1 saturated carbocycles. The Hall–Kier alpha value is -0.410. The Morgan fingerprint density at radius 3 is 2.73 bits per heavy atom. The fraction of sp³-hybridized carbons (Fsp3) is 0.750. The first-order valence-electron chi connectivity index (χ1n) is 5.88. The minimum atomic E-state index is 0.681. The van der Waals surface area contributed by atoms with Crippen LogP contribution in [0.1, 0.15) is 38.8 Å².